The number of allylic oxidation sites excluding steroid dienone is 6. The summed E-state index contributed by atoms with van der Waals surface area (Å²) >= 11 is 0. The van der Waals surface area contributed by atoms with Gasteiger partial charge in [-0.15, -0.1) is 6.08 Å². The van der Waals surface area contributed by atoms with Gasteiger partial charge < -0.3 is 76.7 Å². The number of carboxylic acids is 2. The number of carboxylic acid groups (broad SMARTS) is 2. The Bertz CT molecular complexity index is 2890. The molecule has 0 heterocycles. The Labute approximate surface area is 606 Å². The number of carbonyl (C=O) groups excluding carboxylic acids is 4. The van der Waals surface area contributed by atoms with E-state index >= 15 is 0 Å². The van der Waals surface area contributed by atoms with Crippen molar-refractivity contribution in [1.29, 1.82) is 0 Å². The van der Waals surface area contributed by atoms with Crippen molar-refractivity contribution in [2.75, 3.05) is 140 Å². The molecular weight excluding hydrogens is 1460 g/mol. The minimum atomic E-state index is -1.34. The van der Waals surface area contributed by atoms with E-state index in [0.717, 1.165) is 55.1 Å². The molecule has 1 aliphatic rings. The zero-order valence-electron chi connectivity index (χ0n) is 48.2. The standard InChI is InChI=1S/C41H48O11.C20H26O6.2Cs.Os/c1-29-23-34(31-5-7-39(33(27-31)9-10-42)51-21-19-49-17-15-47-13-11-45-3)36-25-30(2)24-35(37(36)26-29)32-6-8-40(38(28-32)41(43)44)52-22-20-50-18-16-48-14-12-46-4;1-14-11-17-16(18(12-14)20(21)22)10-15(2)13-19(17)26-9-8-25-7-6-24-5-4-23-3;;;/h5-9,23-28H,11-22H2,1-4H3,(H,43,44);10-13H,4-9H2,1-3H3,(H,21,22);;;/q;;2*+1;/p-2. The fourth-order valence-corrected chi connectivity index (χ4v) is 8.26. The molecule has 81 heavy (non-hydrogen) atoms. The molecule has 0 atom stereocenters. The van der Waals surface area contributed by atoms with E-state index in [2.05, 4.69) is 18.2 Å². The van der Waals surface area contributed by atoms with Crippen LogP contribution in [0.2, 0.25) is 0 Å². The minimum Gasteiger partial charge on any atom is -0.545 e. The number of carbonyl (C=O) groups is 2. The van der Waals surface area contributed by atoms with Crippen molar-refractivity contribution in [1.82, 2.24) is 0 Å². The molecule has 17 nitrogen and oxygen atoms in total. The number of hydrogen-bond acceptors (Lipinski definition) is 16. The minimum absolute atomic E-state index is 0. The van der Waals surface area contributed by atoms with Crippen LogP contribution in [0, 0.1) is 27.7 Å². The van der Waals surface area contributed by atoms with Crippen molar-refractivity contribution in [3.05, 3.63) is 136 Å². The molecule has 0 N–H and O–H groups in total. The molecule has 6 rings (SSSR count). The summed E-state index contributed by atoms with van der Waals surface area (Å²) in [6, 6.07) is 20.7. The number of hydrogen-bond donors (Lipinski definition) is 0. The van der Waals surface area contributed by atoms with Crippen LogP contribution in [0.5, 0.6) is 11.5 Å². The molecule has 0 spiro atoms. The molecule has 0 radical (unpaired) electrons. The second kappa shape index (κ2) is 42.8. The van der Waals surface area contributed by atoms with Gasteiger partial charge in [0.05, 0.1) is 104 Å². The summed E-state index contributed by atoms with van der Waals surface area (Å²) in [6.45, 7) is 15.5. The SMILES string of the molecule is COCCOCCOCCOc1cc(C)cc2c(C(=O)[O-])cc(C)cc12.COCCOCCOCCOc1ccc(-c2cc(C)cc3c(C4=CC(=C[C-]=O)C(=[O+]CCOCCOCCOC)C=C4)cc(C)cc23)cc1C(=O)[O-].[Cs+].[Cs+].[Os]. The van der Waals surface area contributed by atoms with Gasteiger partial charge in [0.25, 0.3) is 12.4 Å². The molecule has 428 valence electrons. The summed E-state index contributed by atoms with van der Waals surface area (Å²) < 4.78 is 65.0. The second-order valence-corrected chi connectivity index (χ2v) is 17.9. The second-order valence-electron chi connectivity index (χ2n) is 17.9. The van der Waals surface area contributed by atoms with Crippen LogP contribution in [-0.2, 0) is 71.6 Å². The Balaban J connectivity index is 0.000000653. The smallest absolute Gasteiger partial charge is 0.545 e. The van der Waals surface area contributed by atoms with Crippen LogP contribution in [0.1, 0.15) is 48.5 Å². The van der Waals surface area contributed by atoms with Crippen molar-refractivity contribution in [2.45, 2.75) is 27.7 Å². The summed E-state index contributed by atoms with van der Waals surface area (Å²) in [5.74, 6) is -1.14. The molecule has 20 heteroatoms. The van der Waals surface area contributed by atoms with Gasteiger partial charge in [0.1, 0.15) is 31.3 Å². The van der Waals surface area contributed by atoms with E-state index in [4.69, 9.17) is 56.5 Å². The van der Waals surface area contributed by atoms with Crippen LogP contribution in [0.25, 0.3) is 38.2 Å². The third-order valence-corrected chi connectivity index (χ3v) is 11.8. The molecule has 0 aliphatic heterocycles. The predicted molar refractivity (Wildman–Crippen MR) is 293 cm³/mol. The number of methoxy groups -OCH3 is 3. The van der Waals surface area contributed by atoms with Crippen LogP contribution in [-0.4, -0.2) is 164 Å². The van der Waals surface area contributed by atoms with Gasteiger partial charge in [0.15, 0.2) is 0 Å². The Kier molecular flexibility index (Phi) is 39.8. The van der Waals surface area contributed by atoms with Gasteiger partial charge in [-0.1, -0.05) is 42.0 Å². The van der Waals surface area contributed by atoms with E-state index in [1.807, 2.05) is 82.5 Å². The molecule has 5 aromatic carbocycles. The average molecular weight is 1530 g/mol. The molecular formula is C61H72Cs2O17Os. The first-order valence-electron chi connectivity index (χ1n) is 25.7. The molecule has 0 amide bonds. The van der Waals surface area contributed by atoms with Crippen LogP contribution < -0.4 is 157 Å². The monoisotopic (exact) mass is 1530 g/mol. The topological polar surface area (TPSA) is 210 Å². The van der Waals surface area contributed by atoms with E-state index < -0.39 is 11.9 Å². The van der Waals surface area contributed by atoms with Crippen molar-refractivity contribution in [2.24, 2.45) is 0 Å². The summed E-state index contributed by atoms with van der Waals surface area (Å²) in [7, 11) is 4.86. The van der Waals surface area contributed by atoms with E-state index in [1.54, 1.807) is 39.5 Å². The number of aryl methyl sites for hydroxylation is 4. The quantitative estimate of drug-likeness (QED) is 0.0233. The molecule has 0 aromatic heterocycles. The predicted octanol–water partition coefficient (Wildman–Crippen LogP) is 0.203. The van der Waals surface area contributed by atoms with Gasteiger partial charge in [-0.3, -0.25) is 4.42 Å². The summed E-state index contributed by atoms with van der Waals surface area (Å²) in [5, 5.41) is 27.0. The van der Waals surface area contributed by atoms with E-state index in [9.17, 15) is 24.6 Å². The van der Waals surface area contributed by atoms with Crippen molar-refractivity contribution >= 4 is 51.1 Å². The molecule has 5 aromatic rings. The maximum atomic E-state index is 12.3. The van der Waals surface area contributed by atoms with E-state index in [-0.39, 0.29) is 188 Å². The van der Waals surface area contributed by atoms with Gasteiger partial charge in [-0.25, -0.2) is 0 Å². The number of aromatic carboxylic acids is 2. The third kappa shape index (κ3) is 25.9. The van der Waals surface area contributed by atoms with Crippen molar-refractivity contribution in [3.8, 4) is 22.6 Å². The van der Waals surface area contributed by atoms with Crippen LogP contribution in [0.15, 0.2) is 96.6 Å². The number of benzene rings is 5. The molecule has 0 unspecified atom stereocenters. The molecule has 1 aliphatic carbocycles. The summed E-state index contributed by atoms with van der Waals surface area (Å²) in [6.07, 6.45) is 8.93. The van der Waals surface area contributed by atoms with Crippen LogP contribution in [0.3, 0.4) is 0 Å². The van der Waals surface area contributed by atoms with Crippen molar-refractivity contribution in [3.63, 3.8) is 0 Å². The molecule has 0 bridgehead atoms. The third-order valence-electron chi connectivity index (χ3n) is 11.8. The number of fused-ring (bicyclic) bond motifs is 2. The zero-order chi connectivity index (χ0) is 56.1. The summed E-state index contributed by atoms with van der Waals surface area (Å²) in [5.41, 5.74) is 7.88. The Hall–Kier alpha value is -1.90. The van der Waals surface area contributed by atoms with Gasteiger partial charge in [0.2, 0.25) is 0 Å². The Morgan fingerprint density at radius 1 is 0.494 bits per heavy atom. The average Bonchev–Trinajstić information content (AvgIpc) is 3.60. The number of ether oxygens (including phenoxy) is 11. The number of ketones is 1. The van der Waals surface area contributed by atoms with E-state index in [0.29, 0.717) is 134 Å². The largest absolute Gasteiger partial charge is 1.00 e. The fraction of sp³-hybridized carbons (Fsp3) is 0.410. The summed E-state index contributed by atoms with van der Waals surface area (Å²) in [4.78, 5) is 35.2. The van der Waals surface area contributed by atoms with Crippen LogP contribution >= 0.6 is 0 Å². The number of rotatable bonds is 34. The maximum Gasteiger partial charge on any atom is 1.00 e. The first-order chi connectivity index (χ1) is 37.9. The van der Waals surface area contributed by atoms with E-state index in [1.165, 1.54) is 6.08 Å². The van der Waals surface area contributed by atoms with Gasteiger partial charge >= 0.3 is 138 Å². The van der Waals surface area contributed by atoms with Gasteiger partial charge in [0, 0.05) is 63.7 Å². The molecule has 0 saturated carbocycles. The first kappa shape index (κ1) is 75.2. The van der Waals surface area contributed by atoms with Gasteiger partial charge in [-0.05, 0) is 131 Å². The first-order valence-corrected chi connectivity index (χ1v) is 25.7. The van der Waals surface area contributed by atoms with Crippen LogP contribution in [0.4, 0.5) is 0 Å². The maximum absolute atomic E-state index is 12.3. The zero-order valence-corrected chi connectivity index (χ0v) is 63.3. The molecule has 0 saturated heterocycles. The normalized spacial score (nSPS) is 12.8. The Morgan fingerprint density at radius 3 is 1.47 bits per heavy atom. The molecule has 0 fully saturated rings. The Morgan fingerprint density at radius 2 is 0.938 bits per heavy atom. The fourth-order valence-electron chi connectivity index (χ4n) is 8.26. The van der Waals surface area contributed by atoms with Crippen molar-refractivity contribution < 1.29 is 239 Å². The van der Waals surface area contributed by atoms with Gasteiger partial charge in [-0.2, -0.15) is 6.08 Å².